The predicted molar refractivity (Wildman–Crippen MR) is 75.4 cm³/mol. The quantitative estimate of drug-likeness (QED) is 0.789. The Balaban J connectivity index is 2.43. The Hall–Kier alpha value is -1.30. The summed E-state index contributed by atoms with van der Waals surface area (Å²) in [6.07, 6.45) is 0. The van der Waals surface area contributed by atoms with Gasteiger partial charge in [-0.25, -0.2) is 4.39 Å². The molecule has 0 atom stereocenters. The van der Waals surface area contributed by atoms with E-state index in [1.165, 1.54) is 12.1 Å². The molecule has 0 aliphatic rings. The highest BCUT2D eigenvalue weighted by Crippen LogP contribution is 2.30. The van der Waals surface area contributed by atoms with Gasteiger partial charge in [0.15, 0.2) is 5.75 Å². The zero-order valence-corrected chi connectivity index (χ0v) is 12.6. The topological polar surface area (TPSA) is 43.4 Å². The van der Waals surface area contributed by atoms with Crippen LogP contribution in [0.2, 0.25) is 10.0 Å². The number of benzene rings is 2. The monoisotopic (exact) mass is 334 g/mol. The smallest absolute Gasteiger partial charge is 0.340 e. The lowest BCUT2D eigenvalue weighted by Crippen LogP contribution is -2.11. The Morgan fingerprint density at radius 3 is 2.40 bits per heavy atom. The zero-order chi connectivity index (χ0) is 14.9. The van der Waals surface area contributed by atoms with Gasteiger partial charge in [-0.2, -0.15) is 8.42 Å². The number of aryl methyl sites for hydroxylation is 1. The van der Waals surface area contributed by atoms with Crippen LogP contribution in [0.4, 0.5) is 4.39 Å². The SMILES string of the molecule is Cc1ccc(Cl)c(OS(=O)(=O)c2ccc(F)cc2Cl)c1. The summed E-state index contributed by atoms with van der Waals surface area (Å²) in [5.41, 5.74) is 0.782. The van der Waals surface area contributed by atoms with Crippen molar-refractivity contribution in [3.05, 3.63) is 57.8 Å². The van der Waals surface area contributed by atoms with Gasteiger partial charge in [0.1, 0.15) is 10.7 Å². The van der Waals surface area contributed by atoms with Gasteiger partial charge in [-0.3, -0.25) is 0 Å². The molecule has 0 saturated carbocycles. The molecule has 0 aliphatic heterocycles. The Kier molecular flexibility index (Phi) is 4.22. The van der Waals surface area contributed by atoms with E-state index in [0.717, 1.165) is 23.8 Å². The van der Waals surface area contributed by atoms with Gasteiger partial charge in [0, 0.05) is 0 Å². The largest absolute Gasteiger partial charge is 0.377 e. The van der Waals surface area contributed by atoms with E-state index < -0.39 is 15.9 Å². The van der Waals surface area contributed by atoms with Gasteiger partial charge in [0.2, 0.25) is 0 Å². The first-order valence-electron chi connectivity index (χ1n) is 5.45. The van der Waals surface area contributed by atoms with E-state index in [1.807, 2.05) is 0 Å². The van der Waals surface area contributed by atoms with Crippen molar-refractivity contribution in [2.75, 3.05) is 0 Å². The van der Waals surface area contributed by atoms with Gasteiger partial charge in [0.05, 0.1) is 10.0 Å². The fourth-order valence-corrected chi connectivity index (χ4v) is 3.16. The van der Waals surface area contributed by atoms with E-state index in [0.29, 0.717) is 0 Å². The molecular weight excluding hydrogens is 326 g/mol. The minimum atomic E-state index is -4.18. The maximum Gasteiger partial charge on any atom is 0.340 e. The van der Waals surface area contributed by atoms with E-state index in [9.17, 15) is 12.8 Å². The van der Waals surface area contributed by atoms with Crippen molar-refractivity contribution in [2.24, 2.45) is 0 Å². The summed E-state index contributed by atoms with van der Waals surface area (Å²) in [6.45, 7) is 1.76. The molecule has 20 heavy (non-hydrogen) atoms. The van der Waals surface area contributed by atoms with Crippen LogP contribution < -0.4 is 4.18 Å². The fraction of sp³-hybridized carbons (Fsp3) is 0.0769. The number of hydrogen-bond donors (Lipinski definition) is 0. The molecule has 0 amide bonds. The normalized spacial score (nSPS) is 11.4. The van der Waals surface area contributed by atoms with E-state index in [-0.39, 0.29) is 20.7 Å². The van der Waals surface area contributed by atoms with Crippen molar-refractivity contribution in [2.45, 2.75) is 11.8 Å². The summed E-state index contributed by atoms with van der Waals surface area (Å²) in [7, 11) is -4.18. The molecule has 106 valence electrons. The van der Waals surface area contributed by atoms with Crippen LogP contribution in [0, 0.1) is 12.7 Å². The second-order valence-corrected chi connectivity index (χ2v) is 6.38. The third-order valence-corrected chi connectivity index (χ3v) is 4.48. The number of hydrogen-bond acceptors (Lipinski definition) is 3. The third kappa shape index (κ3) is 3.23. The van der Waals surface area contributed by atoms with E-state index in [1.54, 1.807) is 13.0 Å². The Labute approximate surface area is 126 Å². The van der Waals surface area contributed by atoms with Crippen molar-refractivity contribution in [3.8, 4) is 5.75 Å². The first-order chi connectivity index (χ1) is 9.29. The fourth-order valence-electron chi connectivity index (χ4n) is 1.52. The van der Waals surface area contributed by atoms with Crippen LogP contribution in [0.25, 0.3) is 0 Å². The molecule has 0 unspecified atom stereocenters. The lowest BCUT2D eigenvalue weighted by molar-refractivity contribution is 0.486. The summed E-state index contributed by atoms with van der Waals surface area (Å²) in [4.78, 5) is -0.321. The highest BCUT2D eigenvalue weighted by atomic mass is 35.5. The number of rotatable bonds is 3. The van der Waals surface area contributed by atoms with Gasteiger partial charge < -0.3 is 4.18 Å². The molecule has 0 aliphatic carbocycles. The molecule has 2 rings (SSSR count). The van der Waals surface area contributed by atoms with E-state index in [4.69, 9.17) is 27.4 Å². The van der Waals surface area contributed by atoms with Crippen molar-refractivity contribution in [1.29, 1.82) is 0 Å². The standard InChI is InChI=1S/C13H9Cl2FO3S/c1-8-2-4-10(14)12(6-8)19-20(17,18)13-5-3-9(16)7-11(13)15/h2-7H,1H3. The van der Waals surface area contributed by atoms with E-state index >= 15 is 0 Å². The minimum Gasteiger partial charge on any atom is -0.377 e. The molecule has 2 aromatic carbocycles. The maximum absolute atomic E-state index is 12.9. The van der Waals surface area contributed by atoms with Crippen LogP contribution in [-0.2, 0) is 10.1 Å². The summed E-state index contributed by atoms with van der Waals surface area (Å²) in [5, 5.41) is -0.105. The average Bonchev–Trinajstić information content (AvgIpc) is 2.33. The van der Waals surface area contributed by atoms with Crippen LogP contribution in [0.5, 0.6) is 5.75 Å². The number of halogens is 3. The first kappa shape index (κ1) is 15.1. The van der Waals surface area contributed by atoms with Crippen LogP contribution in [0.3, 0.4) is 0 Å². The van der Waals surface area contributed by atoms with Crippen LogP contribution in [-0.4, -0.2) is 8.42 Å². The lowest BCUT2D eigenvalue weighted by Gasteiger charge is -2.10. The third-order valence-electron chi connectivity index (χ3n) is 2.45. The maximum atomic E-state index is 12.9. The molecule has 2 aromatic rings. The molecular formula is C13H9Cl2FO3S. The van der Waals surface area contributed by atoms with E-state index in [2.05, 4.69) is 0 Å². The first-order valence-corrected chi connectivity index (χ1v) is 7.62. The van der Waals surface area contributed by atoms with Gasteiger partial charge in [0.25, 0.3) is 0 Å². The Morgan fingerprint density at radius 2 is 1.75 bits per heavy atom. The van der Waals surface area contributed by atoms with Gasteiger partial charge in [-0.05, 0) is 42.8 Å². The molecule has 0 bridgehead atoms. The second kappa shape index (κ2) is 5.60. The highest BCUT2D eigenvalue weighted by molar-refractivity contribution is 7.87. The van der Waals surface area contributed by atoms with Crippen LogP contribution in [0.15, 0.2) is 41.3 Å². The Morgan fingerprint density at radius 1 is 1.05 bits per heavy atom. The molecule has 0 spiro atoms. The Bertz CT molecular complexity index is 760. The highest BCUT2D eigenvalue weighted by Gasteiger charge is 2.22. The van der Waals surface area contributed by atoms with Crippen molar-refractivity contribution < 1.29 is 17.0 Å². The summed E-state index contributed by atoms with van der Waals surface area (Å²) >= 11 is 11.6. The summed E-state index contributed by atoms with van der Waals surface area (Å²) < 4.78 is 42.1. The van der Waals surface area contributed by atoms with Gasteiger partial charge >= 0.3 is 10.1 Å². The summed E-state index contributed by atoms with van der Waals surface area (Å²) in [5.74, 6) is -0.644. The predicted octanol–water partition coefficient (Wildman–Crippen LogP) is 4.21. The lowest BCUT2D eigenvalue weighted by atomic mass is 10.2. The van der Waals surface area contributed by atoms with Crippen LogP contribution >= 0.6 is 23.2 Å². The van der Waals surface area contributed by atoms with Gasteiger partial charge in [-0.15, -0.1) is 0 Å². The molecule has 7 heteroatoms. The molecule has 0 heterocycles. The van der Waals surface area contributed by atoms with Crippen molar-refractivity contribution in [1.82, 2.24) is 0 Å². The van der Waals surface area contributed by atoms with Crippen molar-refractivity contribution >= 4 is 33.3 Å². The molecule has 0 radical (unpaired) electrons. The van der Waals surface area contributed by atoms with Crippen molar-refractivity contribution in [3.63, 3.8) is 0 Å². The zero-order valence-electron chi connectivity index (χ0n) is 10.2. The summed E-state index contributed by atoms with van der Waals surface area (Å²) in [6, 6.07) is 7.64. The second-order valence-electron chi connectivity index (χ2n) is 4.05. The average molecular weight is 335 g/mol. The molecule has 3 nitrogen and oxygen atoms in total. The molecule has 0 N–H and O–H groups in total. The molecule has 0 fully saturated rings. The molecule has 0 aromatic heterocycles. The minimum absolute atomic E-state index is 0.00735. The van der Waals surface area contributed by atoms with Gasteiger partial charge in [-0.1, -0.05) is 29.3 Å². The molecule has 0 saturated heterocycles. The van der Waals surface area contributed by atoms with Crippen LogP contribution in [0.1, 0.15) is 5.56 Å².